The number of pyridine rings is 1. The number of rotatable bonds is 4. The van der Waals surface area contributed by atoms with E-state index >= 15 is 0 Å². The first-order chi connectivity index (χ1) is 13.1. The van der Waals surface area contributed by atoms with Gasteiger partial charge in [0.05, 0.1) is 11.1 Å². The van der Waals surface area contributed by atoms with E-state index in [1.54, 1.807) is 11.8 Å². The SMILES string of the molecule is Cc1ccc(Sc2cncc(-c3ccc4c(=O)[nH]nc(CN)c4c3)c2)cc1. The minimum absolute atomic E-state index is 0.212. The summed E-state index contributed by atoms with van der Waals surface area (Å²) in [6.45, 7) is 2.34. The third-order valence-corrected chi connectivity index (χ3v) is 5.33. The van der Waals surface area contributed by atoms with Crippen LogP contribution in [0, 0.1) is 6.92 Å². The number of H-pyrrole nitrogens is 1. The number of fused-ring (bicyclic) bond motifs is 1. The first kappa shape index (κ1) is 17.5. The fourth-order valence-electron chi connectivity index (χ4n) is 2.93. The van der Waals surface area contributed by atoms with Crippen molar-refractivity contribution in [3.8, 4) is 11.1 Å². The van der Waals surface area contributed by atoms with Gasteiger partial charge in [-0.25, -0.2) is 5.10 Å². The Morgan fingerprint density at radius 2 is 1.78 bits per heavy atom. The van der Waals surface area contributed by atoms with Gasteiger partial charge in [0, 0.05) is 39.7 Å². The van der Waals surface area contributed by atoms with E-state index in [9.17, 15) is 4.79 Å². The van der Waals surface area contributed by atoms with Gasteiger partial charge in [-0.15, -0.1) is 0 Å². The lowest BCUT2D eigenvalue weighted by Gasteiger charge is -2.08. The average Bonchev–Trinajstić information content (AvgIpc) is 2.70. The van der Waals surface area contributed by atoms with E-state index in [0.717, 1.165) is 21.4 Å². The first-order valence-electron chi connectivity index (χ1n) is 8.55. The summed E-state index contributed by atoms with van der Waals surface area (Å²) >= 11 is 1.67. The molecule has 3 N–H and O–H groups in total. The first-order valence-corrected chi connectivity index (χ1v) is 9.37. The number of hydrogen-bond donors (Lipinski definition) is 2. The Balaban J connectivity index is 1.73. The molecule has 0 atom stereocenters. The van der Waals surface area contributed by atoms with Crippen LogP contribution in [0.15, 0.2) is 75.5 Å². The number of nitrogens with zero attached hydrogens (tertiary/aromatic N) is 2. The number of aromatic nitrogens is 3. The second kappa shape index (κ2) is 7.34. The quantitative estimate of drug-likeness (QED) is 0.566. The lowest BCUT2D eigenvalue weighted by atomic mass is 10.0. The molecule has 0 amide bonds. The van der Waals surface area contributed by atoms with Crippen LogP contribution in [0.1, 0.15) is 11.3 Å². The molecule has 0 spiro atoms. The van der Waals surface area contributed by atoms with Crippen molar-refractivity contribution in [1.82, 2.24) is 15.2 Å². The Morgan fingerprint density at radius 1 is 0.963 bits per heavy atom. The zero-order chi connectivity index (χ0) is 18.8. The number of hydrogen-bond acceptors (Lipinski definition) is 5. The minimum Gasteiger partial charge on any atom is -0.325 e. The Labute approximate surface area is 160 Å². The molecule has 0 bridgehead atoms. The summed E-state index contributed by atoms with van der Waals surface area (Å²) in [5.41, 5.74) is 9.43. The maximum absolute atomic E-state index is 12.0. The van der Waals surface area contributed by atoms with Gasteiger partial charge in [-0.1, -0.05) is 35.5 Å². The van der Waals surface area contributed by atoms with Gasteiger partial charge < -0.3 is 5.73 Å². The number of nitrogens with one attached hydrogen (secondary N) is 1. The molecule has 4 rings (SSSR count). The minimum atomic E-state index is -0.212. The van der Waals surface area contributed by atoms with Gasteiger partial charge in [0.15, 0.2) is 0 Å². The van der Waals surface area contributed by atoms with E-state index in [-0.39, 0.29) is 12.1 Å². The van der Waals surface area contributed by atoms with E-state index < -0.39 is 0 Å². The van der Waals surface area contributed by atoms with Crippen LogP contribution < -0.4 is 11.3 Å². The summed E-state index contributed by atoms with van der Waals surface area (Å²) in [5, 5.41) is 7.91. The third-order valence-electron chi connectivity index (χ3n) is 4.36. The van der Waals surface area contributed by atoms with Gasteiger partial charge in [-0.2, -0.15) is 5.10 Å². The summed E-state index contributed by atoms with van der Waals surface area (Å²) < 4.78 is 0. The molecule has 4 aromatic rings. The Hall–Kier alpha value is -2.96. The fourth-order valence-corrected chi connectivity index (χ4v) is 3.77. The normalized spacial score (nSPS) is 11.0. The van der Waals surface area contributed by atoms with E-state index in [2.05, 4.69) is 52.4 Å². The Morgan fingerprint density at radius 3 is 2.56 bits per heavy atom. The largest absolute Gasteiger partial charge is 0.325 e. The highest BCUT2D eigenvalue weighted by Gasteiger charge is 2.08. The molecular weight excluding hydrogens is 356 g/mol. The van der Waals surface area contributed by atoms with Gasteiger partial charge in [0.25, 0.3) is 5.56 Å². The van der Waals surface area contributed by atoms with Crippen LogP contribution in [0.4, 0.5) is 0 Å². The van der Waals surface area contributed by atoms with Crippen LogP contribution >= 0.6 is 11.8 Å². The van der Waals surface area contributed by atoms with Crippen LogP contribution in [-0.4, -0.2) is 15.2 Å². The Bertz CT molecular complexity index is 1170. The number of aromatic amines is 1. The molecule has 5 nitrogen and oxygen atoms in total. The summed E-state index contributed by atoms with van der Waals surface area (Å²) in [5.74, 6) is 0. The average molecular weight is 374 g/mol. The lowest BCUT2D eigenvalue weighted by molar-refractivity contribution is 0.900. The zero-order valence-electron chi connectivity index (χ0n) is 14.8. The summed E-state index contributed by atoms with van der Waals surface area (Å²) in [6.07, 6.45) is 3.68. The number of benzene rings is 2. The van der Waals surface area contributed by atoms with Crippen LogP contribution in [0.5, 0.6) is 0 Å². The second-order valence-corrected chi connectivity index (χ2v) is 7.44. The monoisotopic (exact) mass is 374 g/mol. The van der Waals surface area contributed by atoms with Crippen LogP contribution in [-0.2, 0) is 6.54 Å². The van der Waals surface area contributed by atoms with Gasteiger partial charge >= 0.3 is 0 Å². The van der Waals surface area contributed by atoms with Crippen molar-refractivity contribution in [1.29, 1.82) is 0 Å². The summed E-state index contributed by atoms with van der Waals surface area (Å²) in [4.78, 5) is 18.6. The zero-order valence-corrected chi connectivity index (χ0v) is 15.6. The summed E-state index contributed by atoms with van der Waals surface area (Å²) in [6, 6.07) is 16.2. The molecule has 0 aliphatic heterocycles. The van der Waals surface area contributed by atoms with E-state index in [1.807, 2.05) is 30.6 Å². The summed E-state index contributed by atoms with van der Waals surface area (Å²) in [7, 11) is 0. The Kier molecular flexibility index (Phi) is 4.75. The number of aryl methyl sites for hydroxylation is 1. The van der Waals surface area contributed by atoms with Crippen molar-refractivity contribution < 1.29 is 0 Å². The molecule has 0 radical (unpaired) electrons. The maximum atomic E-state index is 12.0. The third kappa shape index (κ3) is 3.63. The molecule has 0 fully saturated rings. The molecule has 0 aliphatic rings. The second-order valence-electron chi connectivity index (χ2n) is 6.29. The van der Waals surface area contributed by atoms with Crippen LogP contribution in [0.2, 0.25) is 0 Å². The highest BCUT2D eigenvalue weighted by molar-refractivity contribution is 7.99. The molecule has 0 saturated heterocycles. The fraction of sp³-hybridized carbons (Fsp3) is 0.0952. The molecular formula is C21H18N4OS. The van der Waals surface area contributed by atoms with Crippen molar-refractivity contribution in [3.05, 3.63) is 82.5 Å². The van der Waals surface area contributed by atoms with Crippen LogP contribution in [0.25, 0.3) is 21.9 Å². The highest BCUT2D eigenvalue weighted by atomic mass is 32.2. The van der Waals surface area contributed by atoms with Gasteiger partial charge in [0.1, 0.15) is 0 Å². The van der Waals surface area contributed by atoms with E-state index in [1.165, 1.54) is 10.5 Å². The molecule has 134 valence electrons. The maximum Gasteiger partial charge on any atom is 0.272 e. The molecule has 2 aromatic carbocycles. The molecule has 6 heteroatoms. The molecule has 0 saturated carbocycles. The topological polar surface area (TPSA) is 84.7 Å². The predicted molar refractivity (Wildman–Crippen MR) is 109 cm³/mol. The molecule has 2 heterocycles. The van der Waals surface area contributed by atoms with Crippen molar-refractivity contribution in [2.45, 2.75) is 23.3 Å². The lowest BCUT2D eigenvalue weighted by Crippen LogP contribution is -2.13. The van der Waals surface area contributed by atoms with Crippen molar-refractivity contribution in [2.75, 3.05) is 0 Å². The highest BCUT2D eigenvalue weighted by Crippen LogP contribution is 2.31. The standard InChI is InChI=1S/C21H18N4OS/c1-13-2-5-16(6-3-13)27-17-8-15(11-23-12-17)14-4-7-18-19(9-14)20(10-22)24-25-21(18)26/h2-9,11-12H,10,22H2,1H3,(H,25,26). The molecule has 27 heavy (non-hydrogen) atoms. The van der Waals surface area contributed by atoms with Gasteiger partial charge in [-0.3, -0.25) is 9.78 Å². The van der Waals surface area contributed by atoms with Crippen molar-refractivity contribution in [2.24, 2.45) is 5.73 Å². The molecule has 2 aromatic heterocycles. The number of nitrogens with two attached hydrogens (primary N) is 1. The van der Waals surface area contributed by atoms with Gasteiger partial charge in [-0.05, 0) is 42.8 Å². The van der Waals surface area contributed by atoms with Crippen molar-refractivity contribution in [3.63, 3.8) is 0 Å². The van der Waals surface area contributed by atoms with Crippen LogP contribution in [0.3, 0.4) is 0 Å². The predicted octanol–water partition coefficient (Wildman–Crippen LogP) is 3.90. The van der Waals surface area contributed by atoms with Crippen molar-refractivity contribution >= 4 is 22.5 Å². The van der Waals surface area contributed by atoms with Gasteiger partial charge in [0.2, 0.25) is 0 Å². The smallest absolute Gasteiger partial charge is 0.272 e. The molecule has 0 unspecified atom stereocenters. The van der Waals surface area contributed by atoms with E-state index in [0.29, 0.717) is 11.1 Å². The van der Waals surface area contributed by atoms with E-state index in [4.69, 9.17) is 5.73 Å². The molecule has 0 aliphatic carbocycles.